The molecule has 1 atom stereocenters. The normalized spacial score (nSPS) is 11.7. The Morgan fingerprint density at radius 2 is 2.00 bits per heavy atom. The number of nitrogens with two attached hydrogens (primary N) is 1. The summed E-state index contributed by atoms with van der Waals surface area (Å²) >= 11 is 3.38. The van der Waals surface area contributed by atoms with Crippen LogP contribution in [0.5, 0.6) is 5.75 Å². The fourth-order valence-corrected chi connectivity index (χ4v) is 2.14. The topological polar surface area (TPSA) is 64.3 Å². The number of anilines is 1. The van der Waals surface area contributed by atoms with Gasteiger partial charge in [-0.25, -0.2) is 0 Å². The molecule has 0 heterocycles. The molecule has 5 heteroatoms. The smallest absolute Gasteiger partial charge is 0.258 e. The summed E-state index contributed by atoms with van der Waals surface area (Å²) in [5.41, 5.74) is 7.29. The van der Waals surface area contributed by atoms with Gasteiger partial charge in [-0.2, -0.15) is 0 Å². The van der Waals surface area contributed by atoms with Crippen LogP contribution in [0.1, 0.15) is 18.5 Å². The molecule has 0 fully saturated rings. The molecule has 0 saturated carbocycles. The van der Waals surface area contributed by atoms with Crippen molar-refractivity contribution in [3.8, 4) is 5.75 Å². The summed E-state index contributed by atoms with van der Waals surface area (Å²) < 4.78 is 6.41. The molecule has 0 aliphatic carbocycles. The minimum atomic E-state index is -0.173. The third-order valence-corrected chi connectivity index (χ3v) is 3.50. The number of halogens is 1. The molecule has 21 heavy (non-hydrogen) atoms. The largest absolute Gasteiger partial charge is 0.484 e. The fourth-order valence-electron chi connectivity index (χ4n) is 1.87. The van der Waals surface area contributed by atoms with Gasteiger partial charge < -0.3 is 15.8 Å². The molecule has 0 aliphatic rings. The first-order valence-corrected chi connectivity index (χ1v) is 7.37. The Hall–Kier alpha value is -2.01. The van der Waals surface area contributed by atoms with Crippen LogP contribution in [0.3, 0.4) is 0 Å². The predicted octanol–water partition coefficient (Wildman–Crippen LogP) is 3.29. The summed E-state index contributed by atoms with van der Waals surface area (Å²) in [7, 11) is 0. The fraction of sp³-hybridized carbons (Fsp3) is 0.188. The monoisotopic (exact) mass is 348 g/mol. The molecule has 4 nitrogen and oxygen atoms in total. The Bertz CT molecular complexity index is 614. The molecule has 3 N–H and O–H groups in total. The average molecular weight is 349 g/mol. The molecule has 1 unspecified atom stereocenters. The summed E-state index contributed by atoms with van der Waals surface area (Å²) in [5.74, 6) is 0.411. The van der Waals surface area contributed by atoms with E-state index in [9.17, 15) is 4.79 Å². The zero-order valence-electron chi connectivity index (χ0n) is 11.7. The highest BCUT2D eigenvalue weighted by Gasteiger charge is 2.10. The van der Waals surface area contributed by atoms with Crippen LogP contribution in [-0.2, 0) is 4.79 Å². The molecule has 0 saturated heterocycles. The second-order valence-corrected chi connectivity index (χ2v) is 5.62. The summed E-state index contributed by atoms with van der Waals surface area (Å²) in [6.45, 7) is 1.89. The molecule has 0 aliphatic heterocycles. The Morgan fingerprint density at radius 3 is 2.67 bits per heavy atom. The van der Waals surface area contributed by atoms with Gasteiger partial charge in [0, 0.05) is 16.2 Å². The first kappa shape index (κ1) is 15.4. The summed E-state index contributed by atoms with van der Waals surface area (Å²) in [4.78, 5) is 11.9. The van der Waals surface area contributed by atoms with Crippen molar-refractivity contribution in [1.82, 2.24) is 5.32 Å². The highest BCUT2D eigenvalue weighted by Crippen LogP contribution is 2.17. The van der Waals surface area contributed by atoms with E-state index in [1.165, 1.54) is 0 Å². The number of carbonyl (C=O) groups excluding carboxylic acids is 1. The highest BCUT2D eigenvalue weighted by molar-refractivity contribution is 9.10. The number of amides is 1. The molecule has 110 valence electrons. The number of hydrogen-bond donors (Lipinski definition) is 2. The van der Waals surface area contributed by atoms with Crippen LogP contribution in [-0.4, -0.2) is 12.5 Å². The van der Waals surface area contributed by atoms with Gasteiger partial charge in [0.2, 0.25) is 0 Å². The summed E-state index contributed by atoms with van der Waals surface area (Å²) in [5, 5.41) is 2.89. The second kappa shape index (κ2) is 7.13. The van der Waals surface area contributed by atoms with E-state index < -0.39 is 0 Å². The van der Waals surface area contributed by atoms with Gasteiger partial charge >= 0.3 is 0 Å². The van der Waals surface area contributed by atoms with Gasteiger partial charge in [0.1, 0.15) is 5.75 Å². The molecule has 2 aromatic carbocycles. The lowest BCUT2D eigenvalue weighted by Crippen LogP contribution is -2.31. The average Bonchev–Trinajstić information content (AvgIpc) is 2.46. The molecule has 0 bridgehead atoms. The number of rotatable bonds is 5. The molecule has 0 aromatic heterocycles. The van der Waals surface area contributed by atoms with Crippen molar-refractivity contribution >= 4 is 27.5 Å². The number of nitrogens with one attached hydrogen (secondary N) is 1. The standard InChI is InChI=1S/C16H17BrN2O2/c1-11(12-5-7-13(17)8-6-12)19-16(20)10-21-15-4-2-3-14(18)9-15/h2-9,11H,10,18H2,1H3,(H,19,20). The lowest BCUT2D eigenvalue weighted by atomic mass is 10.1. The minimum Gasteiger partial charge on any atom is -0.484 e. The van der Waals surface area contributed by atoms with Gasteiger partial charge in [0.25, 0.3) is 5.91 Å². The maximum atomic E-state index is 11.9. The number of ether oxygens (including phenoxy) is 1. The van der Waals surface area contributed by atoms with Crippen LogP contribution in [0.25, 0.3) is 0 Å². The molecular formula is C16H17BrN2O2. The highest BCUT2D eigenvalue weighted by atomic mass is 79.9. The van der Waals surface area contributed by atoms with E-state index in [1.54, 1.807) is 24.3 Å². The first-order chi connectivity index (χ1) is 10.0. The van der Waals surface area contributed by atoms with Crippen molar-refractivity contribution in [2.24, 2.45) is 0 Å². The minimum absolute atomic E-state index is 0.0374. The van der Waals surface area contributed by atoms with Crippen LogP contribution < -0.4 is 15.8 Å². The third-order valence-electron chi connectivity index (χ3n) is 2.98. The van der Waals surface area contributed by atoms with Gasteiger partial charge in [0.15, 0.2) is 6.61 Å². The van der Waals surface area contributed by atoms with Gasteiger partial charge in [0.05, 0.1) is 6.04 Å². The Kier molecular flexibility index (Phi) is 5.22. The van der Waals surface area contributed by atoms with Crippen molar-refractivity contribution in [2.75, 3.05) is 12.3 Å². The number of hydrogen-bond acceptors (Lipinski definition) is 3. The van der Waals surface area contributed by atoms with E-state index in [-0.39, 0.29) is 18.6 Å². The van der Waals surface area contributed by atoms with E-state index in [2.05, 4.69) is 21.2 Å². The van der Waals surface area contributed by atoms with Gasteiger partial charge in [-0.1, -0.05) is 34.1 Å². The van der Waals surface area contributed by atoms with E-state index in [0.29, 0.717) is 11.4 Å². The van der Waals surface area contributed by atoms with Crippen LogP contribution in [0.15, 0.2) is 53.0 Å². The van der Waals surface area contributed by atoms with Crippen molar-refractivity contribution in [3.05, 3.63) is 58.6 Å². The number of benzene rings is 2. The van der Waals surface area contributed by atoms with Gasteiger partial charge in [-0.3, -0.25) is 4.79 Å². The number of carbonyl (C=O) groups is 1. The zero-order valence-corrected chi connectivity index (χ0v) is 13.3. The molecule has 0 spiro atoms. The van der Waals surface area contributed by atoms with Crippen molar-refractivity contribution in [3.63, 3.8) is 0 Å². The maximum Gasteiger partial charge on any atom is 0.258 e. The van der Waals surface area contributed by atoms with E-state index in [4.69, 9.17) is 10.5 Å². The van der Waals surface area contributed by atoms with Gasteiger partial charge in [-0.15, -0.1) is 0 Å². The molecule has 2 rings (SSSR count). The van der Waals surface area contributed by atoms with Crippen LogP contribution >= 0.6 is 15.9 Å². The Balaban J connectivity index is 1.85. The SMILES string of the molecule is CC(NC(=O)COc1cccc(N)c1)c1ccc(Br)cc1. The van der Waals surface area contributed by atoms with Crippen LogP contribution in [0.2, 0.25) is 0 Å². The third kappa shape index (κ3) is 4.79. The first-order valence-electron chi connectivity index (χ1n) is 6.58. The lowest BCUT2D eigenvalue weighted by molar-refractivity contribution is -0.123. The molecule has 1 amide bonds. The van der Waals surface area contributed by atoms with Crippen molar-refractivity contribution in [2.45, 2.75) is 13.0 Å². The van der Waals surface area contributed by atoms with E-state index in [0.717, 1.165) is 10.0 Å². The van der Waals surface area contributed by atoms with Crippen molar-refractivity contribution in [1.29, 1.82) is 0 Å². The molecule has 2 aromatic rings. The number of nitrogen functional groups attached to an aromatic ring is 1. The predicted molar refractivity (Wildman–Crippen MR) is 87.0 cm³/mol. The lowest BCUT2D eigenvalue weighted by Gasteiger charge is -2.15. The van der Waals surface area contributed by atoms with E-state index in [1.807, 2.05) is 31.2 Å². The van der Waals surface area contributed by atoms with Crippen LogP contribution in [0, 0.1) is 0 Å². The zero-order chi connectivity index (χ0) is 15.2. The Morgan fingerprint density at radius 1 is 1.29 bits per heavy atom. The molecular weight excluding hydrogens is 332 g/mol. The van der Waals surface area contributed by atoms with Crippen molar-refractivity contribution < 1.29 is 9.53 Å². The summed E-state index contributed by atoms with van der Waals surface area (Å²) in [6, 6.07) is 14.8. The van der Waals surface area contributed by atoms with E-state index >= 15 is 0 Å². The Labute approximate surface area is 132 Å². The summed E-state index contributed by atoms with van der Waals surface area (Å²) in [6.07, 6.45) is 0. The quantitative estimate of drug-likeness (QED) is 0.815. The molecule has 0 radical (unpaired) electrons. The maximum absolute atomic E-state index is 11.9. The van der Waals surface area contributed by atoms with Crippen LogP contribution in [0.4, 0.5) is 5.69 Å². The van der Waals surface area contributed by atoms with Gasteiger partial charge in [-0.05, 0) is 36.8 Å². The second-order valence-electron chi connectivity index (χ2n) is 4.70.